The third-order valence-electron chi connectivity index (χ3n) is 4.04. The molecule has 0 atom stereocenters. The van der Waals surface area contributed by atoms with Crippen LogP contribution in [0.5, 0.6) is 0 Å². The van der Waals surface area contributed by atoms with Crippen molar-refractivity contribution in [2.45, 2.75) is 33.1 Å². The second kappa shape index (κ2) is 8.06. The number of amidine groups is 1. The van der Waals surface area contributed by atoms with E-state index in [2.05, 4.69) is 41.5 Å². The Bertz CT molecular complexity index is 585. The van der Waals surface area contributed by atoms with E-state index in [1.165, 1.54) is 11.1 Å². The van der Waals surface area contributed by atoms with Crippen LogP contribution in [0.4, 0.5) is 4.79 Å². The highest BCUT2D eigenvalue weighted by Gasteiger charge is 2.23. The predicted octanol–water partition coefficient (Wildman–Crippen LogP) is 2.62. The molecule has 2 rings (SSSR count). The van der Waals surface area contributed by atoms with Gasteiger partial charge in [-0.2, -0.15) is 0 Å². The molecule has 5 nitrogen and oxygen atoms in total. The number of hydrogen-bond donors (Lipinski definition) is 2. The van der Waals surface area contributed by atoms with Crippen LogP contribution in [0.3, 0.4) is 0 Å². The Morgan fingerprint density at radius 1 is 1.35 bits per heavy atom. The average Bonchev–Trinajstić information content (AvgIpc) is 2.49. The molecule has 0 aromatic heterocycles. The third-order valence-corrected chi connectivity index (χ3v) is 4.23. The Kier molecular flexibility index (Phi) is 6.10. The average molecular weight is 332 g/mol. The number of aliphatic imine (C=N–C) groups is 1. The Hall–Kier alpha value is -1.95. The lowest BCUT2D eigenvalue weighted by atomic mass is 9.90. The normalized spacial score (nSPS) is 16.3. The van der Waals surface area contributed by atoms with Gasteiger partial charge in [-0.15, -0.1) is 0 Å². The Morgan fingerprint density at radius 2 is 1.96 bits per heavy atom. The molecule has 0 saturated carbocycles. The number of carbonyl (C=O) groups is 1. The number of urea groups is 1. The summed E-state index contributed by atoms with van der Waals surface area (Å²) in [6.07, 6.45) is 3.09. The van der Waals surface area contributed by atoms with Gasteiger partial charge in [-0.3, -0.25) is 5.32 Å². The van der Waals surface area contributed by atoms with E-state index < -0.39 is 0 Å². The summed E-state index contributed by atoms with van der Waals surface area (Å²) in [5.41, 5.74) is 8.10. The molecule has 1 aliphatic heterocycles. The molecule has 0 aliphatic carbocycles. The summed E-state index contributed by atoms with van der Waals surface area (Å²) in [6.45, 7) is 5.23. The van der Waals surface area contributed by atoms with Crippen molar-refractivity contribution in [3.8, 4) is 0 Å². The number of rotatable bonds is 2. The van der Waals surface area contributed by atoms with Crippen molar-refractivity contribution in [3.05, 3.63) is 35.4 Å². The largest absolute Gasteiger partial charge is 0.387 e. The highest BCUT2D eigenvalue weighted by Crippen LogP contribution is 2.22. The van der Waals surface area contributed by atoms with Crippen LogP contribution in [0.25, 0.3) is 0 Å². The number of likely N-dealkylation sites (tertiary alicyclic amines) is 1. The SMILES string of the molecule is C/C(N)=N/C(=S)NC(=O)N1CCC(Cc2ccc(C)cc2)CC1. The Labute approximate surface area is 143 Å². The lowest BCUT2D eigenvalue weighted by molar-refractivity contribution is 0.175. The molecule has 0 radical (unpaired) electrons. The second-order valence-corrected chi connectivity index (χ2v) is 6.50. The van der Waals surface area contributed by atoms with E-state index in [4.69, 9.17) is 18.0 Å². The van der Waals surface area contributed by atoms with Crippen molar-refractivity contribution in [2.24, 2.45) is 16.6 Å². The van der Waals surface area contributed by atoms with Crippen molar-refractivity contribution in [3.63, 3.8) is 0 Å². The number of nitrogens with two attached hydrogens (primary N) is 1. The van der Waals surface area contributed by atoms with Gasteiger partial charge < -0.3 is 10.6 Å². The van der Waals surface area contributed by atoms with Crippen molar-refractivity contribution < 1.29 is 4.79 Å². The zero-order valence-electron chi connectivity index (χ0n) is 13.7. The van der Waals surface area contributed by atoms with Gasteiger partial charge in [-0.25, -0.2) is 9.79 Å². The fourth-order valence-electron chi connectivity index (χ4n) is 2.76. The molecule has 6 heteroatoms. The molecular formula is C17H24N4OS. The van der Waals surface area contributed by atoms with Crippen molar-refractivity contribution >= 4 is 29.2 Å². The predicted molar refractivity (Wildman–Crippen MR) is 97.6 cm³/mol. The van der Waals surface area contributed by atoms with Gasteiger partial charge in [0, 0.05) is 13.1 Å². The molecule has 1 saturated heterocycles. The number of aryl methyl sites for hydroxylation is 1. The first kappa shape index (κ1) is 17.4. The van der Waals surface area contributed by atoms with Crippen LogP contribution < -0.4 is 11.1 Å². The van der Waals surface area contributed by atoms with Gasteiger partial charge in [-0.1, -0.05) is 29.8 Å². The molecule has 1 aromatic rings. The molecule has 124 valence electrons. The van der Waals surface area contributed by atoms with Gasteiger partial charge in [0.05, 0.1) is 5.84 Å². The fraction of sp³-hybridized carbons (Fsp3) is 0.471. The molecular weight excluding hydrogens is 308 g/mol. The molecule has 3 N–H and O–H groups in total. The molecule has 1 fully saturated rings. The van der Waals surface area contributed by atoms with Crippen LogP contribution in [-0.4, -0.2) is 35.0 Å². The first-order valence-electron chi connectivity index (χ1n) is 7.90. The number of benzene rings is 1. The first-order valence-corrected chi connectivity index (χ1v) is 8.31. The first-order chi connectivity index (χ1) is 10.9. The van der Waals surface area contributed by atoms with Gasteiger partial charge in [0.15, 0.2) is 0 Å². The highest BCUT2D eigenvalue weighted by atomic mass is 32.1. The van der Waals surface area contributed by atoms with Gasteiger partial charge in [-0.05, 0) is 56.8 Å². The molecule has 0 bridgehead atoms. The summed E-state index contributed by atoms with van der Waals surface area (Å²) in [4.78, 5) is 17.8. The van der Waals surface area contributed by atoms with Gasteiger partial charge in [0.25, 0.3) is 0 Å². The zero-order valence-corrected chi connectivity index (χ0v) is 14.5. The summed E-state index contributed by atoms with van der Waals surface area (Å²) < 4.78 is 0. The molecule has 1 heterocycles. The monoisotopic (exact) mass is 332 g/mol. The summed E-state index contributed by atoms with van der Waals surface area (Å²) in [6, 6.07) is 8.51. The van der Waals surface area contributed by atoms with E-state index in [9.17, 15) is 4.79 Å². The number of piperidine rings is 1. The topological polar surface area (TPSA) is 70.7 Å². The molecule has 23 heavy (non-hydrogen) atoms. The number of carbonyl (C=O) groups excluding carboxylic acids is 1. The number of hydrogen-bond acceptors (Lipinski definition) is 2. The lowest BCUT2D eigenvalue weighted by Gasteiger charge is -2.32. The second-order valence-electron chi connectivity index (χ2n) is 6.11. The summed E-state index contributed by atoms with van der Waals surface area (Å²) in [5, 5.41) is 2.72. The van der Waals surface area contributed by atoms with Crippen molar-refractivity contribution in [1.82, 2.24) is 10.2 Å². The van der Waals surface area contributed by atoms with Crippen LogP contribution in [0.15, 0.2) is 29.3 Å². The van der Waals surface area contributed by atoms with Crippen LogP contribution in [0.1, 0.15) is 30.9 Å². The maximum absolute atomic E-state index is 12.1. The quantitative estimate of drug-likeness (QED) is 0.497. The number of nitrogens with zero attached hydrogens (tertiary/aromatic N) is 2. The molecule has 0 unspecified atom stereocenters. The van der Waals surface area contributed by atoms with Gasteiger partial charge in [0.1, 0.15) is 0 Å². The van der Waals surface area contributed by atoms with Crippen LogP contribution in [0.2, 0.25) is 0 Å². The van der Waals surface area contributed by atoms with Crippen molar-refractivity contribution in [1.29, 1.82) is 0 Å². The van der Waals surface area contributed by atoms with E-state index in [1.807, 2.05) is 0 Å². The van der Waals surface area contributed by atoms with E-state index >= 15 is 0 Å². The summed E-state index contributed by atoms with van der Waals surface area (Å²) in [7, 11) is 0. The van der Waals surface area contributed by atoms with E-state index in [1.54, 1.807) is 11.8 Å². The van der Waals surface area contributed by atoms with Gasteiger partial charge >= 0.3 is 6.03 Å². The van der Waals surface area contributed by atoms with Crippen molar-refractivity contribution in [2.75, 3.05) is 13.1 Å². The maximum atomic E-state index is 12.1. The van der Waals surface area contributed by atoms with Crippen LogP contribution in [-0.2, 0) is 6.42 Å². The smallest absolute Gasteiger partial charge is 0.323 e. The number of nitrogens with one attached hydrogen (secondary N) is 1. The molecule has 1 aromatic carbocycles. The maximum Gasteiger partial charge on any atom is 0.323 e. The fourth-order valence-corrected chi connectivity index (χ4v) is 2.99. The standard InChI is InChI=1S/C17H24N4OS/c1-12-3-5-14(6-4-12)11-15-7-9-21(10-8-15)17(22)20-16(23)19-13(2)18/h3-6,15H,7-11H2,1-2H3,(H3,18,19,20,22,23). The Morgan fingerprint density at radius 3 is 2.52 bits per heavy atom. The molecule has 2 amide bonds. The molecule has 0 spiro atoms. The minimum Gasteiger partial charge on any atom is -0.387 e. The number of thiocarbonyl (C=S) groups is 1. The highest BCUT2D eigenvalue weighted by molar-refractivity contribution is 7.80. The van der Waals surface area contributed by atoms with Gasteiger partial charge in [0.2, 0.25) is 5.11 Å². The minimum absolute atomic E-state index is 0.122. The Balaban J connectivity index is 1.79. The van der Waals surface area contributed by atoms with Crippen LogP contribution in [0, 0.1) is 12.8 Å². The van der Waals surface area contributed by atoms with E-state index in [-0.39, 0.29) is 11.1 Å². The summed E-state index contributed by atoms with van der Waals surface area (Å²) >= 11 is 4.97. The number of amides is 2. The molecule has 1 aliphatic rings. The van der Waals surface area contributed by atoms with E-state index in [0.29, 0.717) is 11.8 Å². The minimum atomic E-state index is -0.186. The van der Waals surface area contributed by atoms with Crippen LogP contribution >= 0.6 is 12.2 Å². The zero-order chi connectivity index (χ0) is 16.8. The third kappa shape index (κ3) is 5.63. The summed E-state index contributed by atoms with van der Waals surface area (Å²) in [5.74, 6) is 0.963. The van der Waals surface area contributed by atoms with E-state index in [0.717, 1.165) is 32.4 Å². The lowest BCUT2D eigenvalue weighted by Crippen LogP contribution is -2.46.